The first-order valence-electron chi connectivity index (χ1n) is 6.14. The summed E-state index contributed by atoms with van der Waals surface area (Å²) in [6.07, 6.45) is 4.74. The minimum absolute atomic E-state index is 0.204. The molecule has 4 nitrogen and oxygen atoms in total. The number of nitrogens with zero attached hydrogens (tertiary/aromatic N) is 2. The number of aliphatic hydroxyl groups excluding tert-OH is 1. The largest absolute Gasteiger partial charge is 0.395 e. The van der Waals surface area contributed by atoms with E-state index in [1.54, 1.807) is 0 Å². The van der Waals surface area contributed by atoms with E-state index in [2.05, 4.69) is 34.2 Å². The van der Waals surface area contributed by atoms with Gasteiger partial charge in [-0.3, -0.25) is 10.00 Å². The molecule has 0 bridgehead atoms. The van der Waals surface area contributed by atoms with Gasteiger partial charge in [0.05, 0.1) is 12.8 Å². The molecular formula is C13H19N3OS. The first-order valence-corrected chi connectivity index (χ1v) is 6.96. The molecule has 0 fully saturated rings. The van der Waals surface area contributed by atoms with Crippen molar-refractivity contribution in [1.29, 1.82) is 0 Å². The maximum absolute atomic E-state index is 9.12. The lowest BCUT2D eigenvalue weighted by Crippen LogP contribution is -2.28. The monoisotopic (exact) mass is 265 g/mol. The third-order valence-electron chi connectivity index (χ3n) is 2.86. The Bertz CT molecular complexity index is 453. The fourth-order valence-electron chi connectivity index (χ4n) is 1.90. The van der Waals surface area contributed by atoms with Gasteiger partial charge in [0, 0.05) is 35.6 Å². The molecule has 0 saturated heterocycles. The van der Waals surface area contributed by atoms with Crippen LogP contribution in [0.5, 0.6) is 0 Å². The minimum Gasteiger partial charge on any atom is -0.395 e. The quantitative estimate of drug-likeness (QED) is 0.803. The number of thiophene rings is 1. The Balaban J connectivity index is 1.87. The van der Waals surface area contributed by atoms with Crippen LogP contribution in [-0.4, -0.2) is 39.9 Å². The highest BCUT2D eigenvalue weighted by Crippen LogP contribution is 2.17. The predicted molar refractivity (Wildman–Crippen MR) is 73.7 cm³/mol. The van der Waals surface area contributed by atoms with E-state index < -0.39 is 0 Å². The van der Waals surface area contributed by atoms with Crippen LogP contribution < -0.4 is 0 Å². The Kier molecular flexibility index (Phi) is 4.92. The smallest absolute Gasteiger partial charge is 0.0558 e. The lowest BCUT2D eigenvalue weighted by atomic mass is 10.2. The van der Waals surface area contributed by atoms with Crippen LogP contribution in [0.15, 0.2) is 24.5 Å². The van der Waals surface area contributed by atoms with Crippen molar-refractivity contribution in [3.05, 3.63) is 39.8 Å². The number of rotatable bonds is 7. The molecule has 0 aromatic carbocycles. The van der Waals surface area contributed by atoms with Crippen molar-refractivity contribution in [2.24, 2.45) is 0 Å². The number of nitrogens with one attached hydrogen (secondary N) is 1. The van der Waals surface area contributed by atoms with Crippen molar-refractivity contribution in [2.75, 3.05) is 19.7 Å². The standard InChI is InChI=1S/C13H19N3OS/c1-11-2-3-13(18-11)10-16(6-7-17)5-4-12-8-14-15-9-12/h2-3,8-9,17H,4-7,10H2,1H3,(H,14,15). The Morgan fingerprint density at radius 3 is 2.89 bits per heavy atom. The molecule has 0 aliphatic rings. The van der Waals surface area contributed by atoms with E-state index in [1.807, 2.05) is 23.7 Å². The Labute approximate surface area is 111 Å². The van der Waals surface area contributed by atoms with E-state index in [1.165, 1.54) is 15.3 Å². The van der Waals surface area contributed by atoms with E-state index in [0.29, 0.717) is 0 Å². The fourth-order valence-corrected chi connectivity index (χ4v) is 2.84. The van der Waals surface area contributed by atoms with Gasteiger partial charge in [0.2, 0.25) is 0 Å². The normalized spacial score (nSPS) is 11.3. The second-order valence-corrected chi connectivity index (χ2v) is 5.74. The molecule has 2 rings (SSSR count). The average Bonchev–Trinajstić information content (AvgIpc) is 2.98. The van der Waals surface area contributed by atoms with Crippen LogP contribution >= 0.6 is 11.3 Å². The van der Waals surface area contributed by atoms with Crippen LogP contribution in [0.1, 0.15) is 15.3 Å². The molecule has 0 amide bonds. The van der Waals surface area contributed by atoms with Gasteiger partial charge in [0.25, 0.3) is 0 Å². The first kappa shape index (κ1) is 13.3. The van der Waals surface area contributed by atoms with Gasteiger partial charge in [-0.05, 0) is 31.0 Å². The van der Waals surface area contributed by atoms with Gasteiger partial charge in [0.15, 0.2) is 0 Å². The Morgan fingerprint density at radius 2 is 2.28 bits per heavy atom. The SMILES string of the molecule is Cc1ccc(CN(CCO)CCc2cn[nH]c2)s1. The van der Waals surface area contributed by atoms with Crippen molar-refractivity contribution < 1.29 is 5.11 Å². The topological polar surface area (TPSA) is 52.1 Å². The molecule has 0 saturated carbocycles. The van der Waals surface area contributed by atoms with Gasteiger partial charge in [-0.25, -0.2) is 0 Å². The number of aromatic amines is 1. The number of H-pyrrole nitrogens is 1. The first-order chi connectivity index (χ1) is 8.78. The fraction of sp³-hybridized carbons (Fsp3) is 0.462. The summed E-state index contributed by atoms with van der Waals surface area (Å²) >= 11 is 1.82. The van der Waals surface area contributed by atoms with Crippen LogP contribution in [0.25, 0.3) is 0 Å². The molecule has 2 aromatic rings. The minimum atomic E-state index is 0.204. The zero-order valence-electron chi connectivity index (χ0n) is 10.6. The summed E-state index contributed by atoms with van der Waals surface area (Å²) in [4.78, 5) is 4.97. The molecule has 2 aromatic heterocycles. The highest BCUT2D eigenvalue weighted by Gasteiger charge is 2.07. The molecule has 0 aliphatic carbocycles. The maximum Gasteiger partial charge on any atom is 0.0558 e. The van der Waals surface area contributed by atoms with Crippen LogP contribution in [0, 0.1) is 6.92 Å². The molecule has 98 valence electrons. The van der Waals surface area contributed by atoms with Crippen molar-refractivity contribution in [1.82, 2.24) is 15.1 Å². The van der Waals surface area contributed by atoms with Gasteiger partial charge >= 0.3 is 0 Å². The molecule has 0 spiro atoms. The number of aryl methyl sites for hydroxylation is 1. The average molecular weight is 265 g/mol. The third-order valence-corrected chi connectivity index (χ3v) is 3.85. The highest BCUT2D eigenvalue weighted by atomic mass is 32.1. The lowest BCUT2D eigenvalue weighted by molar-refractivity contribution is 0.192. The van der Waals surface area contributed by atoms with Gasteiger partial charge < -0.3 is 5.11 Å². The molecule has 5 heteroatoms. The molecule has 2 heterocycles. The summed E-state index contributed by atoms with van der Waals surface area (Å²) in [5, 5.41) is 15.9. The lowest BCUT2D eigenvalue weighted by Gasteiger charge is -2.20. The number of aliphatic hydroxyl groups is 1. The zero-order valence-corrected chi connectivity index (χ0v) is 11.4. The molecule has 2 N–H and O–H groups in total. The molecule has 18 heavy (non-hydrogen) atoms. The van der Waals surface area contributed by atoms with Gasteiger partial charge in [-0.15, -0.1) is 11.3 Å². The molecule has 0 radical (unpaired) electrons. The van der Waals surface area contributed by atoms with Crippen LogP contribution in [-0.2, 0) is 13.0 Å². The van der Waals surface area contributed by atoms with E-state index in [4.69, 9.17) is 5.11 Å². The van der Waals surface area contributed by atoms with Crippen molar-refractivity contribution >= 4 is 11.3 Å². The van der Waals surface area contributed by atoms with Crippen LogP contribution in [0.2, 0.25) is 0 Å². The van der Waals surface area contributed by atoms with Crippen molar-refractivity contribution in [2.45, 2.75) is 19.9 Å². The summed E-state index contributed by atoms with van der Waals surface area (Å²) in [6.45, 7) is 4.90. The van der Waals surface area contributed by atoms with Crippen LogP contribution in [0.4, 0.5) is 0 Å². The second-order valence-electron chi connectivity index (χ2n) is 4.37. The van der Waals surface area contributed by atoms with Gasteiger partial charge in [-0.1, -0.05) is 0 Å². The molecule has 0 atom stereocenters. The Morgan fingerprint density at radius 1 is 1.39 bits per heavy atom. The third kappa shape index (κ3) is 3.94. The highest BCUT2D eigenvalue weighted by molar-refractivity contribution is 7.11. The van der Waals surface area contributed by atoms with Crippen molar-refractivity contribution in [3.8, 4) is 0 Å². The van der Waals surface area contributed by atoms with E-state index in [0.717, 1.165) is 26.1 Å². The van der Waals surface area contributed by atoms with E-state index in [9.17, 15) is 0 Å². The Hall–Kier alpha value is -1.17. The van der Waals surface area contributed by atoms with E-state index in [-0.39, 0.29) is 6.61 Å². The summed E-state index contributed by atoms with van der Waals surface area (Å²) in [7, 11) is 0. The maximum atomic E-state index is 9.12. The summed E-state index contributed by atoms with van der Waals surface area (Å²) in [5.41, 5.74) is 1.21. The van der Waals surface area contributed by atoms with E-state index >= 15 is 0 Å². The molecule has 0 aliphatic heterocycles. The number of aromatic nitrogens is 2. The summed E-state index contributed by atoms with van der Waals surface area (Å²) in [5.74, 6) is 0. The second kappa shape index (κ2) is 6.68. The van der Waals surface area contributed by atoms with Gasteiger partial charge in [0.1, 0.15) is 0 Å². The molecule has 0 unspecified atom stereocenters. The summed E-state index contributed by atoms with van der Waals surface area (Å²) < 4.78 is 0. The summed E-state index contributed by atoms with van der Waals surface area (Å²) in [6, 6.07) is 4.31. The van der Waals surface area contributed by atoms with Gasteiger partial charge in [-0.2, -0.15) is 5.10 Å². The predicted octanol–water partition coefficient (Wildman–Crippen LogP) is 1.82. The van der Waals surface area contributed by atoms with Crippen molar-refractivity contribution in [3.63, 3.8) is 0 Å². The number of hydrogen-bond donors (Lipinski definition) is 2. The molecular weight excluding hydrogens is 246 g/mol. The van der Waals surface area contributed by atoms with Crippen LogP contribution in [0.3, 0.4) is 0 Å². The number of hydrogen-bond acceptors (Lipinski definition) is 4. The zero-order chi connectivity index (χ0) is 12.8.